The minimum atomic E-state index is -0.364. The van der Waals surface area contributed by atoms with Gasteiger partial charge in [0, 0.05) is 6.54 Å². The van der Waals surface area contributed by atoms with Gasteiger partial charge >= 0.3 is 0 Å². The average Bonchev–Trinajstić information content (AvgIpc) is 2.51. The molecule has 1 unspecified atom stereocenters. The van der Waals surface area contributed by atoms with Crippen molar-refractivity contribution in [3.05, 3.63) is 34.9 Å². The molecule has 1 aromatic carbocycles. The highest BCUT2D eigenvalue weighted by atomic mass is 16.3. The van der Waals surface area contributed by atoms with Crippen LogP contribution in [0.4, 0.5) is 0 Å². The number of hydrogen-bond donors (Lipinski definition) is 1. The summed E-state index contributed by atoms with van der Waals surface area (Å²) >= 11 is 0. The molecule has 0 saturated carbocycles. The summed E-state index contributed by atoms with van der Waals surface area (Å²) in [5, 5.41) is 10.5. The number of benzene rings is 1. The van der Waals surface area contributed by atoms with Gasteiger partial charge in [0.2, 0.25) is 0 Å². The van der Waals surface area contributed by atoms with Gasteiger partial charge in [-0.05, 0) is 62.7 Å². The zero-order valence-corrected chi connectivity index (χ0v) is 13.4. The number of aliphatic hydroxyl groups is 1. The van der Waals surface area contributed by atoms with Crippen molar-refractivity contribution in [2.75, 3.05) is 19.6 Å². The first-order valence-corrected chi connectivity index (χ1v) is 7.85. The topological polar surface area (TPSA) is 23.5 Å². The Morgan fingerprint density at radius 2 is 1.95 bits per heavy atom. The molecule has 1 aliphatic heterocycles. The van der Waals surface area contributed by atoms with Crippen LogP contribution < -0.4 is 0 Å². The number of rotatable bonds is 3. The van der Waals surface area contributed by atoms with Gasteiger partial charge < -0.3 is 10.0 Å². The van der Waals surface area contributed by atoms with E-state index in [4.69, 9.17) is 0 Å². The summed E-state index contributed by atoms with van der Waals surface area (Å²) in [4.78, 5) is 2.43. The van der Waals surface area contributed by atoms with Gasteiger partial charge in [0.05, 0.1) is 6.10 Å². The van der Waals surface area contributed by atoms with Gasteiger partial charge in [-0.15, -0.1) is 0 Å². The number of nitrogens with zero attached hydrogens (tertiary/aromatic N) is 1. The van der Waals surface area contributed by atoms with E-state index in [1.54, 1.807) is 0 Å². The lowest BCUT2D eigenvalue weighted by molar-refractivity contribution is 0.112. The van der Waals surface area contributed by atoms with Gasteiger partial charge in [0.15, 0.2) is 0 Å². The van der Waals surface area contributed by atoms with Gasteiger partial charge in [-0.25, -0.2) is 0 Å². The third-order valence-electron chi connectivity index (χ3n) is 4.65. The lowest BCUT2D eigenvalue weighted by atomic mass is 9.85. The molecule has 1 N–H and O–H groups in total. The predicted octanol–water partition coefficient (Wildman–Crippen LogP) is 3.85. The Kier molecular flexibility index (Phi) is 4.87. The largest absolute Gasteiger partial charge is 0.387 e. The van der Waals surface area contributed by atoms with Crippen molar-refractivity contribution in [3.63, 3.8) is 0 Å². The minimum Gasteiger partial charge on any atom is -0.387 e. The van der Waals surface area contributed by atoms with Gasteiger partial charge in [-0.2, -0.15) is 0 Å². The van der Waals surface area contributed by atoms with Gasteiger partial charge in [0.25, 0.3) is 0 Å². The summed E-state index contributed by atoms with van der Waals surface area (Å²) in [5.74, 6) is 0. The summed E-state index contributed by atoms with van der Waals surface area (Å²) in [5.41, 5.74) is 4.00. The molecule has 0 aliphatic carbocycles. The molecular formula is C18H29NO. The Bertz CT molecular complexity index is 453. The maximum Gasteiger partial charge on any atom is 0.0919 e. The maximum atomic E-state index is 10.5. The van der Waals surface area contributed by atoms with E-state index in [1.165, 1.54) is 30.4 Å². The quantitative estimate of drug-likeness (QED) is 0.905. The van der Waals surface area contributed by atoms with Crippen LogP contribution in [0.15, 0.2) is 18.2 Å². The molecule has 1 atom stereocenters. The molecule has 1 aromatic rings. The SMILES string of the molecule is Cc1ccc(C(O)CN2CCCC(C)(C)CC2)c(C)c1. The van der Waals surface area contributed by atoms with Crippen molar-refractivity contribution >= 4 is 0 Å². The first-order chi connectivity index (χ1) is 9.37. The highest BCUT2D eigenvalue weighted by Gasteiger charge is 2.24. The van der Waals surface area contributed by atoms with Crippen LogP contribution in [0.3, 0.4) is 0 Å². The van der Waals surface area contributed by atoms with Crippen LogP contribution in [0.1, 0.15) is 55.9 Å². The van der Waals surface area contributed by atoms with Crippen molar-refractivity contribution < 1.29 is 5.11 Å². The molecule has 0 spiro atoms. The maximum absolute atomic E-state index is 10.5. The molecule has 1 aliphatic rings. The monoisotopic (exact) mass is 275 g/mol. The minimum absolute atomic E-state index is 0.364. The van der Waals surface area contributed by atoms with Crippen LogP contribution in [-0.4, -0.2) is 29.6 Å². The Morgan fingerprint density at radius 1 is 1.20 bits per heavy atom. The number of aryl methyl sites for hydroxylation is 2. The number of β-amino-alcohol motifs (C(OH)–C–C–N with tert-alkyl or cyclic N) is 1. The zero-order chi connectivity index (χ0) is 14.8. The van der Waals surface area contributed by atoms with E-state index in [0.717, 1.165) is 25.2 Å². The van der Waals surface area contributed by atoms with Crippen LogP contribution in [0.2, 0.25) is 0 Å². The molecule has 0 bridgehead atoms. The van der Waals surface area contributed by atoms with Crippen molar-refractivity contribution in [3.8, 4) is 0 Å². The second-order valence-corrected chi connectivity index (χ2v) is 7.19. The Balaban J connectivity index is 1.98. The molecule has 1 saturated heterocycles. The second kappa shape index (κ2) is 6.28. The standard InChI is InChI=1S/C18H29NO/c1-14-6-7-16(15(2)12-14)17(20)13-19-10-5-8-18(3,4)9-11-19/h6-7,12,17,20H,5,8-11,13H2,1-4H3. The third-order valence-corrected chi connectivity index (χ3v) is 4.65. The molecule has 0 radical (unpaired) electrons. The summed E-state index contributed by atoms with van der Waals surface area (Å²) in [7, 11) is 0. The second-order valence-electron chi connectivity index (χ2n) is 7.19. The molecule has 2 rings (SSSR count). The lowest BCUT2D eigenvalue weighted by Gasteiger charge is -2.25. The van der Waals surface area contributed by atoms with Crippen molar-refractivity contribution in [2.24, 2.45) is 5.41 Å². The zero-order valence-electron chi connectivity index (χ0n) is 13.4. The number of likely N-dealkylation sites (tertiary alicyclic amines) is 1. The van der Waals surface area contributed by atoms with Crippen LogP contribution in [0, 0.1) is 19.3 Å². The fourth-order valence-corrected chi connectivity index (χ4v) is 3.20. The van der Waals surface area contributed by atoms with E-state index in [1.807, 2.05) is 0 Å². The normalized spacial score (nSPS) is 21.4. The predicted molar refractivity (Wildman–Crippen MR) is 84.9 cm³/mol. The third kappa shape index (κ3) is 4.07. The van der Waals surface area contributed by atoms with Gasteiger partial charge in [0.1, 0.15) is 0 Å². The van der Waals surface area contributed by atoms with Gasteiger partial charge in [-0.1, -0.05) is 37.6 Å². The molecule has 0 amide bonds. The molecule has 2 nitrogen and oxygen atoms in total. The van der Waals surface area contributed by atoms with Crippen LogP contribution in [0.25, 0.3) is 0 Å². The molecule has 1 fully saturated rings. The van der Waals surface area contributed by atoms with E-state index in [2.05, 4.69) is 50.8 Å². The summed E-state index contributed by atoms with van der Waals surface area (Å²) in [6.07, 6.45) is 3.40. The Morgan fingerprint density at radius 3 is 2.65 bits per heavy atom. The van der Waals surface area contributed by atoms with E-state index >= 15 is 0 Å². The molecule has 2 heteroatoms. The highest BCUT2D eigenvalue weighted by Crippen LogP contribution is 2.30. The van der Waals surface area contributed by atoms with E-state index in [-0.39, 0.29) is 6.10 Å². The Labute approximate surface area is 123 Å². The molecule has 0 aromatic heterocycles. The molecular weight excluding hydrogens is 246 g/mol. The van der Waals surface area contributed by atoms with Crippen LogP contribution >= 0.6 is 0 Å². The lowest BCUT2D eigenvalue weighted by Crippen LogP contribution is -2.30. The van der Waals surface area contributed by atoms with Crippen molar-refractivity contribution in [1.82, 2.24) is 4.90 Å². The smallest absolute Gasteiger partial charge is 0.0919 e. The first kappa shape index (κ1) is 15.5. The number of hydrogen-bond acceptors (Lipinski definition) is 2. The molecule has 1 heterocycles. The fourth-order valence-electron chi connectivity index (χ4n) is 3.20. The Hall–Kier alpha value is -0.860. The van der Waals surface area contributed by atoms with Crippen LogP contribution in [-0.2, 0) is 0 Å². The van der Waals surface area contributed by atoms with Crippen molar-refractivity contribution in [1.29, 1.82) is 0 Å². The van der Waals surface area contributed by atoms with E-state index in [0.29, 0.717) is 5.41 Å². The van der Waals surface area contributed by atoms with E-state index < -0.39 is 0 Å². The molecule has 112 valence electrons. The van der Waals surface area contributed by atoms with Crippen LogP contribution in [0.5, 0.6) is 0 Å². The van der Waals surface area contributed by atoms with Crippen molar-refractivity contribution in [2.45, 2.75) is 53.1 Å². The first-order valence-electron chi connectivity index (χ1n) is 7.85. The number of aliphatic hydroxyl groups excluding tert-OH is 1. The average molecular weight is 275 g/mol. The highest BCUT2D eigenvalue weighted by molar-refractivity contribution is 5.32. The summed E-state index contributed by atoms with van der Waals surface area (Å²) < 4.78 is 0. The molecule has 20 heavy (non-hydrogen) atoms. The summed E-state index contributed by atoms with van der Waals surface area (Å²) in [6, 6.07) is 6.33. The fraction of sp³-hybridized carbons (Fsp3) is 0.667. The summed E-state index contributed by atoms with van der Waals surface area (Å²) in [6.45, 7) is 11.9. The van der Waals surface area contributed by atoms with E-state index in [9.17, 15) is 5.11 Å². The van der Waals surface area contributed by atoms with Gasteiger partial charge in [-0.3, -0.25) is 0 Å².